The second-order valence-electron chi connectivity index (χ2n) is 5.90. The van der Waals surface area contributed by atoms with Gasteiger partial charge in [0.05, 0.1) is 19.1 Å². The molecule has 1 aromatic rings. The summed E-state index contributed by atoms with van der Waals surface area (Å²) in [6.45, 7) is 4.02. The van der Waals surface area contributed by atoms with Crippen molar-refractivity contribution in [3.05, 3.63) is 35.9 Å². The number of piperidine rings is 1. The fourth-order valence-electron chi connectivity index (χ4n) is 2.70. The summed E-state index contributed by atoms with van der Waals surface area (Å²) in [5.74, 6) is -0.426. The minimum Gasteiger partial charge on any atom is -0.376 e. The number of carbonyl (C=O) groups excluding carboxylic acids is 2. The highest BCUT2D eigenvalue weighted by Gasteiger charge is 2.28. The van der Waals surface area contributed by atoms with Crippen LogP contribution in [0.15, 0.2) is 30.3 Å². The van der Waals surface area contributed by atoms with Crippen LogP contribution >= 0.6 is 0 Å². The van der Waals surface area contributed by atoms with Crippen LogP contribution in [0.25, 0.3) is 0 Å². The van der Waals surface area contributed by atoms with Crippen molar-refractivity contribution in [2.75, 3.05) is 19.7 Å². The van der Waals surface area contributed by atoms with Crippen LogP contribution < -0.4 is 5.73 Å². The number of nitrogens with two attached hydrogens (primary N) is 1. The molecule has 0 radical (unpaired) electrons. The zero-order valence-corrected chi connectivity index (χ0v) is 13.0. The number of benzene rings is 1. The molecule has 0 saturated carbocycles. The number of likely N-dealkylation sites (tertiary alicyclic amines) is 1. The zero-order chi connectivity index (χ0) is 15.9. The van der Waals surface area contributed by atoms with Crippen LogP contribution in [0, 0.1) is 11.8 Å². The molecule has 5 nitrogen and oxygen atoms in total. The molecule has 0 bridgehead atoms. The van der Waals surface area contributed by atoms with Gasteiger partial charge in [0.15, 0.2) is 0 Å². The highest BCUT2D eigenvalue weighted by Crippen LogP contribution is 2.18. The lowest BCUT2D eigenvalue weighted by atomic mass is 9.95. The van der Waals surface area contributed by atoms with E-state index >= 15 is 0 Å². The van der Waals surface area contributed by atoms with Crippen molar-refractivity contribution >= 4 is 11.8 Å². The van der Waals surface area contributed by atoms with E-state index in [0.717, 1.165) is 5.56 Å². The topological polar surface area (TPSA) is 72.6 Å². The summed E-state index contributed by atoms with van der Waals surface area (Å²) in [5, 5.41) is 0. The third-order valence-electron chi connectivity index (χ3n) is 4.11. The Labute approximate surface area is 131 Å². The third-order valence-corrected chi connectivity index (χ3v) is 4.11. The Balaban J connectivity index is 1.72. The van der Waals surface area contributed by atoms with Gasteiger partial charge in [-0.15, -0.1) is 0 Å². The summed E-state index contributed by atoms with van der Waals surface area (Å²) in [6.07, 6.45) is 1.33. The summed E-state index contributed by atoms with van der Waals surface area (Å²) >= 11 is 0. The van der Waals surface area contributed by atoms with Gasteiger partial charge in [-0.1, -0.05) is 37.3 Å². The summed E-state index contributed by atoms with van der Waals surface area (Å²) < 4.78 is 5.63. The Bertz CT molecular complexity index is 496. The van der Waals surface area contributed by atoms with Gasteiger partial charge in [0.2, 0.25) is 11.8 Å². The van der Waals surface area contributed by atoms with Gasteiger partial charge < -0.3 is 15.4 Å². The van der Waals surface area contributed by atoms with Gasteiger partial charge in [0.1, 0.15) is 0 Å². The molecule has 1 fully saturated rings. The molecule has 1 aromatic carbocycles. The van der Waals surface area contributed by atoms with Crippen LogP contribution in [0.5, 0.6) is 0 Å². The van der Waals surface area contributed by atoms with E-state index < -0.39 is 0 Å². The first kappa shape index (κ1) is 16.5. The van der Waals surface area contributed by atoms with Crippen molar-refractivity contribution in [3.63, 3.8) is 0 Å². The van der Waals surface area contributed by atoms with Crippen molar-refractivity contribution in [1.29, 1.82) is 0 Å². The molecule has 2 N–H and O–H groups in total. The second-order valence-corrected chi connectivity index (χ2v) is 5.90. The molecule has 1 saturated heterocycles. The molecule has 1 aliphatic heterocycles. The van der Waals surface area contributed by atoms with Crippen molar-refractivity contribution in [3.8, 4) is 0 Å². The van der Waals surface area contributed by atoms with Crippen LogP contribution in [0.3, 0.4) is 0 Å². The van der Waals surface area contributed by atoms with Crippen LogP contribution in [-0.2, 0) is 20.9 Å². The van der Waals surface area contributed by atoms with Gasteiger partial charge in [0, 0.05) is 19.0 Å². The second kappa shape index (κ2) is 7.94. The predicted molar refractivity (Wildman–Crippen MR) is 83.8 cm³/mol. The Morgan fingerprint density at radius 2 is 1.91 bits per heavy atom. The highest BCUT2D eigenvalue weighted by atomic mass is 16.5. The lowest BCUT2D eigenvalue weighted by Crippen LogP contribution is -2.44. The Hall–Kier alpha value is -1.88. The average Bonchev–Trinajstić information content (AvgIpc) is 2.55. The number of rotatable bonds is 6. The van der Waals surface area contributed by atoms with Gasteiger partial charge in [-0.3, -0.25) is 9.59 Å². The number of hydrogen-bond donors (Lipinski definition) is 1. The Morgan fingerprint density at radius 3 is 2.50 bits per heavy atom. The van der Waals surface area contributed by atoms with Gasteiger partial charge in [-0.2, -0.15) is 0 Å². The first-order valence-corrected chi connectivity index (χ1v) is 7.77. The normalized spacial score (nSPS) is 17.2. The smallest absolute Gasteiger partial charge is 0.227 e. The number of ether oxygens (including phenoxy) is 1. The van der Waals surface area contributed by atoms with E-state index in [0.29, 0.717) is 39.1 Å². The molecule has 2 amide bonds. The Kier molecular flexibility index (Phi) is 5.95. The molecule has 0 aromatic heterocycles. The minimum absolute atomic E-state index is 0.0892. The van der Waals surface area contributed by atoms with Crippen LogP contribution in [0.2, 0.25) is 0 Å². The van der Waals surface area contributed by atoms with Crippen molar-refractivity contribution in [2.45, 2.75) is 26.4 Å². The molecule has 22 heavy (non-hydrogen) atoms. The van der Waals surface area contributed by atoms with E-state index in [1.807, 2.05) is 42.2 Å². The molecule has 2 rings (SSSR count). The number of nitrogens with zero attached hydrogens (tertiary/aromatic N) is 1. The van der Waals surface area contributed by atoms with Gasteiger partial charge in [-0.05, 0) is 18.4 Å². The SMILES string of the molecule is C[C@@H](COCc1ccccc1)C(=O)N1CCC(C(N)=O)CC1. The van der Waals surface area contributed by atoms with E-state index in [1.54, 1.807) is 0 Å². The fraction of sp³-hybridized carbons (Fsp3) is 0.529. The van der Waals surface area contributed by atoms with Crippen LogP contribution in [-0.4, -0.2) is 36.4 Å². The molecule has 5 heteroatoms. The maximum Gasteiger partial charge on any atom is 0.227 e. The average molecular weight is 304 g/mol. The number of amides is 2. The summed E-state index contributed by atoms with van der Waals surface area (Å²) in [5.41, 5.74) is 6.41. The van der Waals surface area contributed by atoms with Crippen molar-refractivity contribution < 1.29 is 14.3 Å². The monoisotopic (exact) mass is 304 g/mol. The lowest BCUT2D eigenvalue weighted by Gasteiger charge is -2.32. The molecular formula is C17H24N2O3. The largest absolute Gasteiger partial charge is 0.376 e. The molecule has 0 aliphatic carbocycles. The summed E-state index contributed by atoms with van der Waals surface area (Å²) in [7, 11) is 0. The molecule has 0 unspecified atom stereocenters. The van der Waals surface area contributed by atoms with E-state index in [4.69, 9.17) is 10.5 Å². The van der Waals surface area contributed by atoms with Crippen LogP contribution in [0.4, 0.5) is 0 Å². The number of carbonyl (C=O) groups is 2. The van der Waals surface area contributed by atoms with E-state index in [1.165, 1.54) is 0 Å². The first-order valence-electron chi connectivity index (χ1n) is 7.77. The number of hydrogen-bond acceptors (Lipinski definition) is 3. The summed E-state index contributed by atoms with van der Waals surface area (Å²) in [6, 6.07) is 9.90. The van der Waals surface area contributed by atoms with Gasteiger partial charge in [-0.25, -0.2) is 0 Å². The first-order chi connectivity index (χ1) is 10.6. The molecule has 120 valence electrons. The maximum absolute atomic E-state index is 12.3. The molecule has 1 heterocycles. The lowest BCUT2D eigenvalue weighted by molar-refractivity contribution is -0.140. The van der Waals surface area contributed by atoms with Crippen molar-refractivity contribution in [1.82, 2.24) is 4.90 Å². The van der Waals surface area contributed by atoms with E-state index in [2.05, 4.69) is 0 Å². The molecule has 1 atom stereocenters. The van der Waals surface area contributed by atoms with E-state index in [-0.39, 0.29) is 23.7 Å². The molecular weight excluding hydrogens is 280 g/mol. The standard InChI is InChI=1S/C17H24N2O3/c1-13(11-22-12-14-5-3-2-4-6-14)17(21)19-9-7-15(8-10-19)16(18)20/h2-6,13,15H,7-12H2,1H3,(H2,18,20)/t13-/m0/s1. The van der Waals surface area contributed by atoms with Crippen LogP contribution in [0.1, 0.15) is 25.3 Å². The minimum atomic E-state index is -0.258. The summed E-state index contributed by atoms with van der Waals surface area (Å²) in [4.78, 5) is 25.3. The fourth-order valence-corrected chi connectivity index (χ4v) is 2.70. The van der Waals surface area contributed by atoms with E-state index in [9.17, 15) is 9.59 Å². The Morgan fingerprint density at radius 1 is 1.27 bits per heavy atom. The quantitative estimate of drug-likeness (QED) is 0.867. The van der Waals surface area contributed by atoms with Gasteiger partial charge in [0.25, 0.3) is 0 Å². The highest BCUT2D eigenvalue weighted by molar-refractivity contribution is 5.80. The molecule has 0 spiro atoms. The zero-order valence-electron chi connectivity index (χ0n) is 13.0. The van der Waals surface area contributed by atoms with Gasteiger partial charge >= 0.3 is 0 Å². The molecule has 1 aliphatic rings. The van der Waals surface area contributed by atoms with Crippen molar-refractivity contribution in [2.24, 2.45) is 17.6 Å². The number of primary amides is 1. The third kappa shape index (κ3) is 4.56. The predicted octanol–water partition coefficient (Wildman–Crippen LogP) is 1.56. The maximum atomic E-state index is 12.3.